The fourth-order valence-corrected chi connectivity index (χ4v) is 7.75. The van der Waals surface area contributed by atoms with Crippen LogP contribution in [0.25, 0.3) is 5.57 Å². The summed E-state index contributed by atoms with van der Waals surface area (Å²) in [6.07, 6.45) is 14.0. The van der Waals surface area contributed by atoms with Crippen molar-refractivity contribution in [2.24, 2.45) is 4.40 Å². The van der Waals surface area contributed by atoms with Crippen LogP contribution in [0.2, 0.25) is 0 Å². The molecule has 0 aliphatic heterocycles. The quantitative estimate of drug-likeness (QED) is 0.0962. The van der Waals surface area contributed by atoms with Crippen molar-refractivity contribution in [3.8, 4) is 0 Å². The number of Topliss-reactive ketones (excluding diaryl/α,β-unsaturated/α-hetero) is 1. The maximum atomic E-state index is 14.0. The van der Waals surface area contributed by atoms with Crippen LogP contribution in [-0.2, 0) is 38.9 Å². The summed E-state index contributed by atoms with van der Waals surface area (Å²) in [5.41, 5.74) is 6.03. The molecule has 55 heavy (non-hydrogen) atoms. The van der Waals surface area contributed by atoms with Crippen molar-refractivity contribution in [1.82, 2.24) is 0 Å². The highest BCUT2D eigenvalue weighted by molar-refractivity contribution is 7.92. The van der Waals surface area contributed by atoms with Crippen LogP contribution < -0.4 is 14.5 Å². The second-order valence-corrected chi connectivity index (χ2v) is 16.3. The standard InChI is InChI=1S/C43H52N4O6S2/c1-6-10-12-30-14-18-32(19-15-30)46(26-8-3)34-22-24-36(38(28-34)44-54(50)51)40-42(48)41(43(40)49)37-25-23-35(29-39(37)45-55(5,52)53)47(27-9-4)33-20-16-31(17-21-33)13-11-7-2/h14-25,28-29,45,48H,6-13,26-27H2,1-5H3,(H,50,51)/p-1/b40-36-,44-38+. The highest BCUT2D eigenvalue weighted by atomic mass is 32.2. The van der Waals surface area contributed by atoms with E-state index in [1.165, 1.54) is 11.1 Å². The van der Waals surface area contributed by atoms with E-state index < -0.39 is 27.1 Å². The van der Waals surface area contributed by atoms with Gasteiger partial charge in [0.25, 0.3) is 0 Å². The molecule has 12 heteroatoms. The highest BCUT2D eigenvalue weighted by Gasteiger charge is 2.39. The largest absolute Gasteiger partial charge is 0.754 e. The van der Waals surface area contributed by atoms with Crippen molar-refractivity contribution in [1.29, 1.82) is 0 Å². The molecule has 0 saturated carbocycles. The van der Waals surface area contributed by atoms with Gasteiger partial charge in [0, 0.05) is 47.0 Å². The number of ketones is 1. The van der Waals surface area contributed by atoms with Crippen LogP contribution in [0.1, 0.15) is 82.9 Å². The summed E-state index contributed by atoms with van der Waals surface area (Å²) in [5, 5.41) is 11.5. The SMILES string of the molecule is CCCCc1ccc(N(CCC)C2=CC(=N\S(=O)[O-])/C(=C3\C(=O)C(c4ccc(N(CCC)c5ccc(CCCC)cc5)cc4NS(C)(=O)=O)=C3O)C=C2)cc1. The number of hydrogen-bond acceptors (Lipinski definition) is 8. The van der Waals surface area contributed by atoms with Crippen LogP contribution in [-0.4, -0.2) is 53.1 Å². The van der Waals surface area contributed by atoms with Gasteiger partial charge in [-0.25, -0.2) is 8.42 Å². The van der Waals surface area contributed by atoms with Crippen LogP contribution in [0.15, 0.2) is 112 Å². The molecule has 0 amide bonds. The maximum absolute atomic E-state index is 14.0. The van der Waals surface area contributed by atoms with Gasteiger partial charge in [-0.2, -0.15) is 4.40 Å². The van der Waals surface area contributed by atoms with E-state index in [9.17, 15) is 27.1 Å². The lowest BCUT2D eigenvalue weighted by Crippen LogP contribution is -2.28. The Kier molecular flexibility index (Phi) is 14.1. The molecule has 0 spiro atoms. The van der Waals surface area contributed by atoms with Gasteiger partial charge in [-0.15, -0.1) is 0 Å². The molecule has 0 saturated heterocycles. The Balaban J connectivity index is 1.53. The van der Waals surface area contributed by atoms with Crippen molar-refractivity contribution < 1.29 is 27.1 Å². The minimum atomic E-state index is -3.80. The summed E-state index contributed by atoms with van der Waals surface area (Å²) in [7, 11) is -3.80. The van der Waals surface area contributed by atoms with E-state index in [2.05, 4.69) is 83.0 Å². The lowest BCUT2D eigenvalue weighted by atomic mass is 9.78. The van der Waals surface area contributed by atoms with Crippen molar-refractivity contribution in [2.75, 3.05) is 33.9 Å². The third kappa shape index (κ3) is 10.1. The maximum Gasteiger partial charge on any atom is 0.229 e. The molecule has 0 aromatic heterocycles. The van der Waals surface area contributed by atoms with Gasteiger partial charge in [-0.05, 0) is 110 Å². The molecule has 2 aliphatic rings. The monoisotopic (exact) mass is 783 g/mol. The van der Waals surface area contributed by atoms with E-state index >= 15 is 0 Å². The second kappa shape index (κ2) is 18.7. The normalized spacial score (nSPS) is 16.9. The number of nitrogens with one attached hydrogen (secondary N) is 1. The number of aliphatic hydroxyl groups excluding tert-OH is 1. The molecule has 3 aromatic carbocycles. The van der Waals surface area contributed by atoms with Crippen LogP contribution in [0.5, 0.6) is 0 Å². The molecule has 10 nitrogen and oxygen atoms in total. The molecular formula is C43H51N4O6S2-. The van der Waals surface area contributed by atoms with E-state index in [-0.39, 0.29) is 39.4 Å². The third-order valence-corrected chi connectivity index (χ3v) is 10.5. The second-order valence-electron chi connectivity index (χ2n) is 13.9. The van der Waals surface area contributed by atoms with Crippen molar-refractivity contribution in [3.63, 3.8) is 0 Å². The number of benzene rings is 3. The smallest absolute Gasteiger partial charge is 0.229 e. The number of carbonyl (C=O) groups excluding carboxylic acids is 1. The molecule has 1 unspecified atom stereocenters. The van der Waals surface area contributed by atoms with Crippen LogP contribution in [0.4, 0.5) is 22.7 Å². The number of aliphatic hydroxyl groups is 1. The first-order valence-electron chi connectivity index (χ1n) is 19.0. The molecule has 0 bridgehead atoms. The lowest BCUT2D eigenvalue weighted by Gasteiger charge is -2.30. The Hall–Kier alpha value is -4.78. The number of allylic oxidation sites excluding steroid dienone is 6. The van der Waals surface area contributed by atoms with E-state index in [1.54, 1.807) is 36.4 Å². The van der Waals surface area contributed by atoms with Gasteiger partial charge in [0.15, 0.2) is 0 Å². The van der Waals surface area contributed by atoms with Gasteiger partial charge < -0.3 is 19.5 Å². The third-order valence-electron chi connectivity index (χ3n) is 9.57. The zero-order valence-corrected chi connectivity index (χ0v) is 33.9. The van der Waals surface area contributed by atoms with Crippen molar-refractivity contribution >= 4 is 61.1 Å². The van der Waals surface area contributed by atoms with Crippen LogP contribution >= 0.6 is 0 Å². The number of carbonyl (C=O) groups is 1. The average molecular weight is 784 g/mol. The van der Waals surface area contributed by atoms with Crippen LogP contribution in [0.3, 0.4) is 0 Å². The topological polar surface area (TPSA) is 142 Å². The Morgan fingerprint density at radius 1 is 0.764 bits per heavy atom. The van der Waals surface area contributed by atoms with Crippen molar-refractivity contribution in [3.05, 3.63) is 124 Å². The average Bonchev–Trinajstić information content (AvgIpc) is 3.15. The number of rotatable bonds is 18. The minimum Gasteiger partial charge on any atom is -0.754 e. The highest BCUT2D eigenvalue weighted by Crippen LogP contribution is 2.44. The summed E-state index contributed by atoms with van der Waals surface area (Å²) in [6.45, 7) is 9.72. The predicted octanol–water partition coefficient (Wildman–Crippen LogP) is 9.05. The number of hydrogen-bond donors (Lipinski definition) is 2. The fraction of sp³-hybridized carbons (Fsp3) is 0.349. The lowest BCUT2D eigenvalue weighted by molar-refractivity contribution is -0.111. The summed E-state index contributed by atoms with van der Waals surface area (Å²) in [5.74, 6) is -0.944. The molecule has 3 aromatic rings. The minimum absolute atomic E-state index is 0.00112. The van der Waals surface area contributed by atoms with Crippen molar-refractivity contribution in [2.45, 2.75) is 79.1 Å². The summed E-state index contributed by atoms with van der Waals surface area (Å²) < 4.78 is 55.5. The Morgan fingerprint density at radius 2 is 1.31 bits per heavy atom. The zero-order chi connectivity index (χ0) is 39.7. The first-order valence-corrected chi connectivity index (χ1v) is 22.0. The Morgan fingerprint density at radius 3 is 1.82 bits per heavy atom. The number of anilines is 4. The molecule has 0 radical (unpaired) electrons. The molecule has 292 valence electrons. The summed E-state index contributed by atoms with van der Waals surface area (Å²) >= 11 is -2.86. The van der Waals surface area contributed by atoms with Gasteiger partial charge in [0.05, 0.1) is 40.1 Å². The zero-order valence-electron chi connectivity index (χ0n) is 32.3. The molecular weight excluding hydrogens is 733 g/mol. The van der Waals surface area contributed by atoms with Gasteiger partial charge in [-0.3, -0.25) is 13.7 Å². The molecule has 0 heterocycles. The first-order chi connectivity index (χ1) is 26.4. The van der Waals surface area contributed by atoms with E-state index in [1.807, 2.05) is 12.1 Å². The Bertz CT molecular complexity index is 2170. The number of unbranched alkanes of at least 4 members (excludes halogenated alkanes) is 2. The first kappa shape index (κ1) is 41.4. The van der Waals surface area contributed by atoms with Gasteiger partial charge in [0.1, 0.15) is 5.76 Å². The number of sulfonamides is 1. The molecule has 0 fully saturated rings. The number of nitrogens with zero attached hydrogens (tertiary/aromatic N) is 3. The molecule has 2 aliphatic carbocycles. The van der Waals surface area contributed by atoms with Gasteiger partial charge in [-0.1, -0.05) is 64.8 Å². The van der Waals surface area contributed by atoms with E-state index in [4.69, 9.17) is 0 Å². The van der Waals surface area contributed by atoms with Gasteiger partial charge in [0.2, 0.25) is 15.8 Å². The molecule has 2 N–H and O–H groups in total. The fourth-order valence-electron chi connectivity index (χ4n) is 6.87. The van der Waals surface area contributed by atoms with Gasteiger partial charge >= 0.3 is 0 Å². The van der Waals surface area contributed by atoms with E-state index in [0.717, 1.165) is 69.0 Å². The van der Waals surface area contributed by atoms with Crippen LogP contribution in [0, 0.1) is 0 Å². The Labute approximate surface area is 328 Å². The number of aryl methyl sites for hydroxylation is 2. The summed E-state index contributed by atoms with van der Waals surface area (Å²) in [6, 6.07) is 21.7. The molecule has 1 atom stereocenters. The van der Waals surface area contributed by atoms with E-state index in [0.29, 0.717) is 24.5 Å². The molecule has 5 rings (SSSR count). The summed E-state index contributed by atoms with van der Waals surface area (Å²) in [4.78, 5) is 18.1. The predicted molar refractivity (Wildman–Crippen MR) is 225 cm³/mol.